The van der Waals surface area contributed by atoms with Crippen molar-refractivity contribution in [2.24, 2.45) is 0 Å². The molecule has 6 heteroatoms. The molecule has 0 aliphatic rings. The van der Waals surface area contributed by atoms with E-state index in [4.69, 9.17) is 0 Å². The number of aromatic nitrogens is 3. The Hall–Kier alpha value is -2.21. The fraction of sp³-hybridized carbons (Fsp3) is 0.0714. The summed E-state index contributed by atoms with van der Waals surface area (Å²) in [4.78, 5) is 16.5. The molecule has 0 unspecified atom stereocenters. The summed E-state index contributed by atoms with van der Waals surface area (Å²) in [5.41, 5.74) is 2.63. The summed E-state index contributed by atoms with van der Waals surface area (Å²) in [6, 6.07) is 11.1. The average molecular weight is 331 g/mol. The van der Waals surface area contributed by atoms with E-state index in [-0.39, 0.29) is 5.91 Å². The van der Waals surface area contributed by atoms with Crippen LogP contribution in [0.25, 0.3) is 10.9 Å². The third-order valence-electron chi connectivity index (χ3n) is 2.99. The first-order valence-corrected chi connectivity index (χ1v) is 6.82. The maximum atomic E-state index is 12.3. The van der Waals surface area contributed by atoms with Crippen LogP contribution in [0.15, 0.2) is 41.0 Å². The molecule has 2 aromatic heterocycles. The quantitative estimate of drug-likeness (QED) is 0.708. The van der Waals surface area contributed by atoms with E-state index in [1.54, 1.807) is 12.1 Å². The van der Waals surface area contributed by atoms with Gasteiger partial charge in [-0.2, -0.15) is 5.10 Å². The number of nitrogens with zero attached hydrogens (tertiary/aromatic N) is 2. The number of amides is 1. The van der Waals surface area contributed by atoms with E-state index in [0.29, 0.717) is 11.4 Å². The van der Waals surface area contributed by atoms with Gasteiger partial charge >= 0.3 is 0 Å². The third-order valence-corrected chi connectivity index (χ3v) is 3.43. The fourth-order valence-electron chi connectivity index (χ4n) is 1.98. The first-order chi connectivity index (χ1) is 9.65. The standard InChI is InChI=1S/C14H11BrN4O/c1-8-10(6-7-12(15)16-8)17-14(20)13-9-4-2-3-5-11(9)18-19-13/h2-7H,1H3,(H,17,20)(H,18,19). The number of aromatic amines is 1. The normalized spacial score (nSPS) is 10.7. The molecule has 1 amide bonds. The van der Waals surface area contributed by atoms with Crippen LogP contribution in [-0.2, 0) is 0 Å². The molecule has 0 fully saturated rings. The van der Waals surface area contributed by atoms with Crippen LogP contribution < -0.4 is 5.32 Å². The van der Waals surface area contributed by atoms with Crippen LogP contribution in [0.1, 0.15) is 16.2 Å². The lowest BCUT2D eigenvalue weighted by atomic mass is 10.2. The van der Waals surface area contributed by atoms with Crippen LogP contribution in [0.4, 0.5) is 5.69 Å². The molecule has 2 N–H and O–H groups in total. The van der Waals surface area contributed by atoms with Crippen molar-refractivity contribution in [2.45, 2.75) is 6.92 Å². The highest BCUT2D eigenvalue weighted by molar-refractivity contribution is 9.10. The molecule has 0 spiro atoms. The number of hydrogen-bond donors (Lipinski definition) is 2. The highest BCUT2D eigenvalue weighted by Crippen LogP contribution is 2.19. The molecule has 0 saturated heterocycles. The van der Waals surface area contributed by atoms with Crippen molar-refractivity contribution in [3.63, 3.8) is 0 Å². The van der Waals surface area contributed by atoms with Gasteiger partial charge in [0.1, 0.15) is 4.60 Å². The predicted molar refractivity (Wildman–Crippen MR) is 80.7 cm³/mol. The molecule has 1 aromatic carbocycles. The number of fused-ring (bicyclic) bond motifs is 1. The number of para-hydroxylation sites is 1. The second-order valence-electron chi connectivity index (χ2n) is 4.34. The van der Waals surface area contributed by atoms with Gasteiger partial charge in [-0.25, -0.2) is 4.98 Å². The molecular formula is C14H11BrN4O. The van der Waals surface area contributed by atoms with Gasteiger partial charge in [0, 0.05) is 5.39 Å². The Labute approximate surface area is 123 Å². The van der Waals surface area contributed by atoms with Crippen molar-refractivity contribution in [1.82, 2.24) is 15.2 Å². The van der Waals surface area contributed by atoms with Gasteiger partial charge in [-0.05, 0) is 41.1 Å². The lowest BCUT2D eigenvalue weighted by Crippen LogP contribution is -2.14. The zero-order valence-corrected chi connectivity index (χ0v) is 12.2. The molecule has 0 bridgehead atoms. The van der Waals surface area contributed by atoms with Gasteiger partial charge in [-0.1, -0.05) is 18.2 Å². The van der Waals surface area contributed by atoms with E-state index < -0.39 is 0 Å². The van der Waals surface area contributed by atoms with Crippen molar-refractivity contribution in [3.05, 3.63) is 52.4 Å². The van der Waals surface area contributed by atoms with Crippen LogP contribution in [0.2, 0.25) is 0 Å². The van der Waals surface area contributed by atoms with Gasteiger partial charge in [0.25, 0.3) is 5.91 Å². The Morgan fingerprint density at radius 2 is 2.05 bits per heavy atom. The highest BCUT2D eigenvalue weighted by Gasteiger charge is 2.14. The van der Waals surface area contributed by atoms with Crippen LogP contribution in [-0.4, -0.2) is 21.1 Å². The van der Waals surface area contributed by atoms with Crippen LogP contribution in [0.5, 0.6) is 0 Å². The summed E-state index contributed by atoms with van der Waals surface area (Å²) in [6.45, 7) is 1.84. The molecule has 5 nitrogen and oxygen atoms in total. The van der Waals surface area contributed by atoms with E-state index >= 15 is 0 Å². The summed E-state index contributed by atoms with van der Waals surface area (Å²) in [7, 11) is 0. The second kappa shape index (κ2) is 5.05. The number of hydrogen-bond acceptors (Lipinski definition) is 3. The average Bonchev–Trinajstić information content (AvgIpc) is 2.86. The Balaban J connectivity index is 1.93. The van der Waals surface area contributed by atoms with Crippen molar-refractivity contribution >= 4 is 38.4 Å². The molecule has 3 aromatic rings. The second-order valence-corrected chi connectivity index (χ2v) is 5.15. The molecule has 100 valence electrons. The summed E-state index contributed by atoms with van der Waals surface area (Å²) in [5, 5.41) is 10.5. The van der Waals surface area contributed by atoms with Crippen molar-refractivity contribution in [1.29, 1.82) is 0 Å². The number of halogens is 1. The monoisotopic (exact) mass is 330 g/mol. The topological polar surface area (TPSA) is 70.7 Å². The molecule has 3 rings (SSSR count). The molecule has 20 heavy (non-hydrogen) atoms. The number of rotatable bonds is 2. The Morgan fingerprint density at radius 3 is 2.85 bits per heavy atom. The first kappa shape index (κ1) is 12.8. The van der Waals surface area contributed by atoms with Gasteiger partial charge in [0.2, 0.25) is 0 Å². The van der Waals surface area contributed by atoms with Gasteiger partial charge in [0.15, 0.2) is 5.69 Å². The fourth-order valence-corrected chi connectivity index (χ4v) is 2.38. The summed E-state index contributed by atoms with van der Waals surface area (Å²) in [5.74, 6) is -0.255. The largest absolute Gasteiger partial charge is 0.319 e. The number of benzene rings is 1. The number of carbonyl (C=O) groups is 1. The van der Waals surface area contributed by atoms with Gasteiger partial charge in [-0.15, -0.1) is 0 Å². The molecule has 2 heterocycles. The van der Waals surface area contributed by atoms with E-state index in [9.17, 15) is 4.79 Å². The summed E-state index contributed by atoms with van der Waals surface area (Å²) in [6.07, 6.45) is 0. The Morgan fingerprint density at radius 1 is 1.25 bits per heavy atom. The number of anilines is 1. The SMILES string of the molecule is Cc1nc(Br)ccc1NC(=O)c1n[nH]c2ccccc12. The van der Waals surface area contributed by atoms with E-state index in [2.05, 4.69) is 36.4 Å². The van der Waals surface area contributed by atoms with Crippen LogP contribution in [0, 0.1) is 6.92 Å². The number of pyridine rings is 1. The van der Waals surface area contributed by atoms with E-state index in [1.165, 1.54) is 0 Å². The maximum absolute atomic E-state index is 12.3. The molecule has 0 aliphatic carbocycles. The Bertz CT molecular complexity index is 797. The third kappa shape index (κ3) is 2.30. The minimum absolute atomic E-state index is 0.255. The minimum Gasteiger partial charge on any atom is -0.319 e. The minimum atomic E-state index is -0.255. The molecule has 0 saturated carbocycles. The van der Waals surface area contributed by atoms with Gasteiger partial charge < -0.3 is 5.32 Å². The summed E-state index contributed by atoms with van der Waals surface area (Å²) >= 11 is 3.29. The Kier molecular flexibility index (Phi) is 3.23. The van der Waals surface area contributed by atoms with Crippen LogP contribution in [0.3, 0.4) is 0 Å². The summed E-state index contributed by atoms with van der Waals surface area (Å²) < 4.78 is 0.734. The predicted octanol–water partition coefficient (Wildman–Crippen LogP) is 3.28. The highest BCUT2D eigenvalue weighted by atomic mass is 79.9. The maximum Gasteiger partial charge on any atom is 0.276 e. The number of H-pyrrole nitrogens is 1. The molecular weight excluding hydrogens is 320 g/mol. The number of aryl methyl sites for hydroxylation is 1. The molecule has 0 aliphatic heterocycles. The van der Waals surface area contributed by atoms with Crippen LogP contribution >= 0.6 is 15.9 Å². The smallest absolute Gasteiger partial charge is 0.276 e. The lowest BCUT2D eigenvalue weighted by molar-refractivity contribution is 0.102. The van der Waals surface area contributed by atoms with E-state index in [1.807, 2.05) is 31.2 Å². The first-order valence-electron chi connectivity index (χ1n) is 6.03. The van der Waals surface area contributed by atoms with Crippen molar-refractivity contribution < 1.29 is 4.79 Å². The van der Waals surface area contributed by atoms with Crippen molar-refractivity contribution in [2.75, 3.05) is 5.32 Å². The number of nitrogens with one attached hydrogen (secondary N) is 2. The van der Waals surface area contributed by atoms with Gasteiger partial charge in [-0.3, -0.25) is 9.89 Å². The van der Waals surface area contributed by atoms with Gasteiger partial charge in [0.05, 0.1) is 16.9 Å². The number of carbonyl (C=O) groups excluding carboxylic acids is 1. The molecule has 0 atom stereocenters. The molecule has 0 radical (unpaired) electrons. The van der Waals surface area contributed by atoms with E-state index in [0.717, 1.165) is 21.2 Å². The zero-order valence-electron chi connectivity index (χ0n) is 10.6. The van der Waals surface area contributed by atoms with Crippen molar-refractivity contribution in [3.8, 4) is 0 Å². The zero-order chi connectivity index (χ0) is 14.1. The lowest BCUT2D eigenvalue weighted by Gasteiger charge is -2.06.